The van der Waals surface area contributed by atoms with Crippen LogP contribution in [0.4, 0.5) is 0 Å². The van der Waals surface area contributed by atoms with Gasteiger partial charge in [0.25, 0.3) is 5.91 Å². The van der Waals surface area contributed by atoms with Crippen LogP contribution < -0.4 is 4.74 Å². The molecule has 0 aliphatic carbocycles. The van der Waals surface area contributed by atoms with E-state index in [0.29, 0.717) is 5.92 Å². The van der Waals surface area contributed by atoms with Crippen molar-refractivity contribution in [3.63, 3.8) is 0 Å². The van der Waals surface area contributed by atoms with E-state index in [2.05, 4.69) is 39.8 Å². The van der Waals surface area contributed by atoms with Crippen molar-refractivity contribution in [2.45, 2.75) is 59.5 Å². The van der Waals surface area contributed by atoms with Crippen molar-refractivity contribution in [3.8, 4) is 5.75 Å². The van der Waals surface area contributed by atoms with Crippen LogP contribution >= 0.6 is 0 Å². The molecule has 1 fully saturated rings. The molecule has 1 atom stereocenters. The summed E-state index contributed by atoms with van der Waals surface area (Å²) in [5, 5.41) is 0. The lowest BCUT2D eigenvalue weighted by Crippen LogP contribution is -2.44. The van der Waals surface area contributed by atoms with Gasteiger partial charge in [0.05, 0.1) is 0 Å². The normalized spacial score (nSPS) is 17.6. The molecule has 0 N–H and O–H groups in total. The molecule has 0 aromatic heterocycles. The van der Waals surface area contributed by atoms with E-state index in [0.717, 1.165) is 48.7 Å². The molecule has 3 nitrogen and oxygen atoms in total. The van der Waals surface area contributed by atoms with Crippen molar-refractivity contribution in [2.24, 2.45) is 5.92 Å². The monoisotopic (exact) mass is 303 g/mol. The van der Waals surface area contributed by atoms with Crippen LogP contribution in [0.15, 0.2) is 18.2 Å². The molecule has 1 heterocycles. The smallest absolute Gasteiger partial charge is 0.263 e. The lowest BCUT2D eigenvalue weighted by Gasteiger charge is -2.32. The molecular weight excluding hydrogens is 274 g/mol. The van der Waals surface area contributed by atoms with Gasteiger partial charge in [-0.15, -0.1) is 0 Å². The Hall–Kier alpha value is -1.51. The van der Waals surface area contributed by atoms with Crippen molar-refractivity contribution in [1.82, 2.24) is 4.90 Å². The number of carbonyl (C=O) groups is 1. The highest BCUT2D eigenvalue weighted by Gasteiger charge is 2.26. The van der Waals surface area contributed by atoms with Gasteiger partial charge < -0.3 is 9.64 Å². The van der Waals surface area contributed by atoms with Gasteiger partial charge in [-0.1, -0.05) is 32.9 Å². The fourth-order valence-corrected chi connectivity index (χ4v) is 2.95. The highest BCUT2D eigenvalue weighted by atomic mass is 16.5. The summed E-state index contributed by atoms with van der Waals surface area (Å²) >= 11 is 0. The maximum Gasteiger partial charge on any atom is 0.263 e. The van der Waals surface area contributed by atoms with Crippen LogP contribution in [0.1, 0.15) is 57.6 Å². The summed E-state index contributed by atoms with van der Waals surface area (Å²) in [4.78, 5) is 14.5. The predicted molar refractivity (Wildman–Crippen MR) is 90.3 cm³/mol. The van der Waals surface area contributed by atoms with Gasteiger partial charge in [-0.05, 0) is 55.7 Å². The van der Waals surface area contributed by atoms with Crippen LogP contribution in [0.2, 0.25) is 0 Å². The van der Waals surface area contributed by atoms with Crippen LogP contribution in [0.5, 0.6) is 5.75 Å². The first kappa shape index (κ1) is 16.9. The molecule has 0 saturated carbocycles. The van der Waals surface area contributed by atoms with E-state index in [1.165, 1.54) is 0 Å². The SMILES string of the molecule is Cc1ccc(C(C)C)c(OC(C)C(=O)N2CCC(C)CC2)c1. The Balaban J connectivity index is 2.06. The molecule has 0 spiro atoms. The van der Waals surface area contributed by atoms with Crippen LogP contribution in [-0.4, -0.2) is 30.0 Å². The Labute approximate surface area is 134 Å². The zero-order valence-corrected chi connectivity index (χ0v) is 14.6. The third kappa shape index (κ3) is 4.02. The molecule has 2 rings (SSSR count). The minimum Gasteiger partial charge on any atom is -0.481 e. The standard InChI is InChI=1S/C19H29NO2/c1-13(2)17-7-6-15(4)12-18(17)22-16(5)19(21)20-10-8-14(3)9-11-20/h6-7,12-14,16H,8-11H2,1-5H3. The lowest BCUT2D eigenvalue weighted by molar-refractivity contribution is -0.139. The molecule has 0 bridgehead atoms. The third-order valence-corrected chi connectivity index (χ3v) is 4.54. The van der Waals surface area contributed by atoms with Crippen LogP contribution in [-0.2, 0) is 4.79 Å². The average Bonchev–Trinajstić information content (AvgIpc) is 2.47. The maximum absolute atomic E-state index is 12.6. The zero-order chi connectivity index (χ0) is 16.3. The Morgan fingerprint density at radius 3 is 2.45 bits per heavy atom. The number of rotatable bonds is 4. The summed E-state index contributed by atoms with van der Waals surface area (Å²) in [5.74, 6) is 2.07. The van der Waals surface area contributed by atoms with Crippen molar-refractivity contribution in [3.05, 3.63) is 29.3 Å². The molecule has 1 unspecified atom stereocenters. The van der Waals surface area contributed by atoms with Gasteiger partial charge >= 0.3 is 0 Å². The number of piperidine rings is 1. The number of aryl methyl sites for hydroxylation is 1. The minimum atomic E-state index is -0.423. The zero-order valence-electron chi connectivity index (χ0n) is 14.6. The van der Waals surface area contributed by atoms with Crippen molar-refractivity contribution < 1.29 is 9.53 Å². The number of nitrogens with zero attached hydrogens (tertiary/aromatic N) is 1. The molecule has 0 radical (unpaired) electrons. The van der Waals surface area contributed by atoms with Gasteiger partial charge in [0.15, 0.2) is 6.10 Å². The number of amides is 1. The van der Waals surface area contributed by atoms with Crippen LogP contribution in [0, 0.1) is 12.8 Å². The van der Waals surface area contributed by atoms with Gasteiger partial charge in [0.2, 0.25) is 0 Å². The first-order valence-corrected chi connectivity index (χ1v) is 8.44. The van der Waals surface area contributed by atoms with Gasteiger partial charge in [-0.25, -0.2) is 0 Å². The summed E-state index contributed by atoms with van der Waals surface area (Å²) in [6.07, 6.45) is 1.77. The molecule has 3 heteroatoms. The van der Waals surface area contributed by atoms with E-state index >= 15 is 0 Å². The number of likely N-dealkylation sites (tertiary alicyclic amines) is 1. The minimum absolute atomic E-state index is 0.114. The molecule has 1 aromatic carbocycles. The van der Waals surface area contributed by atoms with Crippen LogP contribution in [0.25, 0.3) is 0 Å². The number of hydrogen-bond acceptors (Lipinski definition) is 2. The molecule has 1 aliphatic heterocycles. The average molecular weight is 303 g/mol. The second kappa shape index (κ2) is 7.17. The Bertz CT molecular complexity index is 516. The number of hydrogen-bond donors (Lipinski definition) is 0. The first-order chi connectivity index (χ1) is 10.4. The molecule has 1 aromatic rings. The first-order valence-electron chi connectivity index (χ1n) is 8.44. The Kier molecular flexibility index (Phi) is 5.49. The largest absolute Gasteiger partial charge is 0.481 e. The van der Waals surface area contributed by atoms with E-state index in [-0.39, 0.29) is 5.91 Å². The summed E-state index contributed by atoms with van der Waals surface area (Å²) in [7, 11) is 0. The fourth-order valence-electron chi connectivity index (χ4n) is 2.95. The van der Waals surface area contributed by atoms with Crippen molar-refractivity contribution in [1.29, 1.82) is 0 Å². The molecule has 1 aliphatic rings. The van der Waals surface area contributed by atoms with E-state index in [1.54, 1.807) is 0 Å². The summed E-state index contributed by atoms with van der Waals surface area (Å²) in [6.45, 7) is 12.2. The Morgan fingerprint density at radius 1 is 1.23 bits per heavy atom. The second-order valence-corrected chi connectivity index (χ2v) is 6.96. The maximum atomic E-state index is 12.6. The summed E-state index contributed by atoms with van der Waals surface area (Å²) in [6, 6.07) is 6.24. The van der Waals surface area contributed by atoms with Gasteiger partial charge in [-0.2, -0.15) is 0 Å². The molecule has 1 saturated heterocycles. The quantitative estimate of drug-likeness (QED) is 0.836. The second-order valence-electron chi connectivity index (χ2n) is 6.96. The number of ether oxygens (including phenoxy) is 1. The molecular formula is C19H29NO2. The lowest BCUT2D eigenvalue weighted by atomic mass is 9.99. The summed E-state index contributed by atoms with van der Waals surface area (Å²) in [5.41, 5.74) is 2.32. The van der Waals surface area contributed by atoms with E-state index in [9.17, 15) is 4.79 Å². The topological polar surface area (TPSA) is 29.5 Å². The van der Waals surface area contributed by atoms with Gasteiger partial charge in [0.1, 0.15) is 5.75 Å². The predicted octanol–water partition coefficient (Wildman–Crippen LogP) is 4.14. The highest BCUT2D eigenvalue weighted by molar-refractivity contribution is 5.81. The number of benzene rings is 1. The highest BCUT2D eigenvalue weighted by Crippen LogP contribution is 2.28. The molecule has 1 amide bonds. The number of carbonyl (C=O) groups excluding carboxylic acids is 1. The van der Waals surface area contributed by atoms with E-state index in [1.807, 2.05) is 17.9 Å². The van der Waals surface area contributed by atoms with Gasteiger partial charge in [-0.3, -0.25) is 4.79 Å². The van der Waals surface area contributed by atoms with Crippen molar-refractivity contribution in [2.75, 3.05) is 13.1 Å². The van der Waals surface area contributed by atoms with E-state index in [4.69, 9.17) is 4.74 Å². The fraction of sp³-hybridized carbons (Fsp3) is 0.632. The summed E-state index contributed by atoms with van der Waals surface area (Å²) < 4.78 is 6.04. The van der Waals surface area contributed by atoms with Gasteiger partial charge in [0, 0.05) is 13.1 Å². The molecule has 22 heavy (non-hydrogen) atoms. The van der Waals surface area contributed by atoms with Crippen LogP contribution in [0.3, 0.4) is 0 Å². The third-order valence-electron chi connectivity index (χ3n) is 4.54. The Morgan fingerprint density at radius 2 is 1.86 bits per heavy atom. The molecule has 122 valence electrons. The van der Waals surface area contributed by atoms with E-state index < -0.39 is 6.10 Å². The van der Waals surface area contributed by atoms with Crippen molar-refractivity contribution >= 4 is 5.91 Å².